The van der Waals surface area contributed by atoms with Gasteiger partial charge >= 0.3 is 6.09 Å². The van der Waals surface area contributed by atoms with Crippen molar-refractivity contribution in [1.82, 2.24) is 30.8 Å². The van der Waals surface area contributed by atoms with E-state index in [9.17, 15) is 29.4 Å². The van der Waals surface area contributed by atoms with E-state index >= 15 is 0 Å². The van der Waals surface area contributed by atoms with Gasteiger partial charge in [0.25, 0.3) is 0 Å². The summed E-state index contributed by atoms with van der Waals surface area (Å²) in [5.74, 6) is -2.11. The van der Waals surface area contributed by atoms with Gasteiger partial charge in [-0.25, -0.2) is 9.78 Å². The monoisotopic (exact) mass is 672 g/mol. The number of rotatable bonds is 17. The van der Waals surface area contributed by atoms with Crippen LogP contribution >= 0.6 is 0 Å². The Balaban J connectivity index is 1.52. The molecule has 1 unspecified atom stereocenters. The van der Waals surface area contributed by atoms with Crippen LogP contribution in [0.25, 0.3) is 0 Å². The molecule has 1 aliphatic rings. The molecule has 6 atom stereocenters. The summed E-state index contributed by atoms with van der Waals surface area (Å²) in [5.41, 5.74) is 2.20. The van der Waals surface area contributed by atoms with E-state index in [1.807, 2.05) is 66.7 Å². The van der Waals surface area contributed by atoms with E-state index in [4.69, 9.17) is 0 Å². The maximum absolute atomic E-state index is 14.0. The number of aromatic nitrogens is 2. The molecule has 262 valence electrons. The minimum Gasteiger partial charge on any atom is -0.465 e. The van der Waals surface area contributed by atoms with Gasteiger partial charge in [-0.15, -0.1) is 6.58 Å². The van der Waals surface area contributed by atoms with Crippen LogP contribution < -0.4 is 16.0 Å². The minimum absolute atomic E-state index is 0.0384. The molecule has 1 aliphatic heterocycles. The lowest BCUT2D eigenvalue weighted by atomic mass is 9.86. The van der Waals surface area contributed by atoms with Gasteiger partial charge in [-0.2, -0.15) is 0 Å². The zero-order chi connectivity index (χ0) is 35.3. The number of nitrogens with zero attached hydrogens (tertiary/aromatic N) is 2. The largest absolute Gasteiger partial charge is 0.465 e. The Morgan fingerprint density at radius 2 is 1.65 bits per heavy atom. The number of carbonyl (C=O) groups is 4. The van der Waals surface area contributed by atoms with Crippen LogP contribution in [0.15, 0.2) is 85.8 Å². The number of aliphatic hydroxyl groups is 1. The summed E-state index contributed by atoms with van der Waals surface area (Å²) < 4.78 is 0. The number of hydrogen-bond donors (Lipinski definition) is 6. The minimum atomic E-state index is -1.19. The molecule has 12 nitrogen and oxygen atoms in total. The number of carboxylic acid groups (broad SMARTS) is 1. The first-order chi connectivity index (χ1) is 23.6. The van der Waals surface area contributed by atoms with E-state index in [2.05, 4.69) is 46.3 Å². The molecule has 4 rings (SSSR count). The van der Waals surface area contributed by atoms with Gasteiger partial charge in [0, 0.05) is 31.4 Å². The number of aromatic amines is 1. The molecule has 0 bridgehead atoms. The van der Waals surface area contributed by atoms with Crippen LogP contribution in [-0.4, -0.2) is 86.2 Å². The molecule has 3 aromatic rings. The number of likely N-dealkylation sites (tertiary alicyclic amines) is 1. The quantitative estimate of drug-likeness (QED) is 0.119. The fourth-order valence-corrected chi connectivity index (χ4v) is 6.24. The number of benzene rings is 2. The highest BCUT2D eigenvalue weighted by Crippen LogP contribution is 2.22. The van der Waals surface area contributed by atoms with Crippen LogP contribution in [-0.2, 0) is 27.2 Å². The third kappa shape index (κ3) is 10.5. The highest BCUT2D eigenvalue weighted by Gasteiger charge is 2.36. The third-order valence-corrected chi connectivity index (χ3v) is 9.17. The molecule has 2 heterocycles. The predicted octanol–water partition coefficient (Wildman–Crippen LogP) is 3.42. The summed E-state index contributed by atoms with van der Waals surface area (Å²) in [6.45, 7) is 8.16. The second-order valence-electron chi connectivity index (χ2n) is 12.9. The standard InChI is InChI=1S/C37H48N6O6/c1-4-27(24(2)3)20-33(44)29(18-25-12-7-5-8-13-25)41-34(45)28(31-22-38-23-40-31)21-39-35(46)30(19-26-14-9-6-10-15-26)42-36(47)32-16-11-17-43(32)37(48)49/h4-10,12-15,22-24,27-30,32-33,44H,1,11,16-21H2,2-3H3,(H,38,40)(H,39,46)(H,41,45)(H,42,47)(H,48,49)/t27-,28?,29-,30-,32+,33+/m0/s1. The van der Waals surface area contributed by atoms with Crippen LogP contribution in [0.1, 0.15) is 55.8 Å². The second-order valence-corrected chi connectivity index (χ2v) is 12.9. The van der Waals surface area contributed by atoms with E-state index in [1.54, 1.807) is 0 Å². The molecule has 0 spiro atoms. The maximum atomic E-state index is 14.0. The van der Waals surface area contributed by atoms with E-state index in [0.717, 1.165) is 16.0 Å². The van der Waals surface area contributed by atoms with Crippen molar-refractivity contribution in [3.05, 3.63) is 103 Å². The summed E-state index contributed by atoms with van der Waals surface area (Å²) in [5, 5.41) is 29.6. The topological polar surface area (TPSA) is 177 Å². The zero-order valence-electron chi connectivity index (χ0n) is 28.1. The summed E-state index contributed by atoms with van der Waals surface area (Å²) in [4.78, 5) is 60.8. The van der Waals surface area contributed by atoms with Gasteiger partial charge in [-0.3, -0.25) is 19.3 Å². The highest BCUT2D eigenvalue weighted by atomic mass is 16.4. The zero-order valence-corrected chi connectivity index (χ0v) is 28.1. The predicted molar refractivity (Wildman–Crippen MR) is 185 cm³/mol. The lowest BCUT2D eigenvalue weighted by molar-refractivity contribution is -0.131. The van der Waals surface area contributed by atoms with E-state index in [-0.39, 0.29) is 31.3 Å². The van der Waals surface area contributed by atoms with Gasteiger partial charge in [-0.1, -0.05) is 80.6 Å². The number of imidazole rings is 1. The van der Waals surface area contributed by atoms with Crippen LogP contribution in [0.4, 0.5) is 4.79 Å². The van der Waals surface area contributed by atoms with Gasteiger partial charge in [0.15, 0.2) is 0 Å². The number of carbonyl (C=O) groups excluding carboxylic acids is 3. The summed E-state index contributed by atoms with van der Waals surface area (Å²) in [6, 6.07) is 16.2. The Hall–Kier alpha value is -4.97. The Morgan fingerprint density at radius 1 is 1.00 bits per heavy atom. The Kier molecular flexibility index (Phi) is 13.5. The molecular weight excluding hydrogens is 624 g/mol. The average molecular weight is 673 g/mol. The van der Waals surface area contributed by atoms with Crippen molar-refractivity contribution in [3.8, 4) is 0 Å². The van der Waals surface area contributed by atoms with Crippen molar-refractivity contribution in [2.45, 2.75) is 76.1 Å². The molecular formula is C37H48N6O6. The molecule has 0 aliphatic carbocycles. The van der Waals surface area contributed by atoms with Crippen molar-refractivity contribution in [2.75, 3.05) is 13.1 Å². The Morgan fingerprint density at radius 3 is 2.22 bits per heavy atom. The average Bonchev–Trinajstić information content (AvgIpc) is 3.81. The SMILES string of the molecule is C=C[C@@H](C[C@@H](O)[C@H](Cc1ccccc1)NC(=O)C(CNC(=O)[C@H](Cc1ccccc1)NC(=O)[C@H]1CCCN1C(=O)O)c1cnc[nH]1)C(C)C. The van der Waals surface area contributed by atoms with Crippen LogP contribution in [0.3, 0.4) is 0 Å². The molecule has 1 saturated heterocycles. The summed E-state index contributed by atoms with van der Waals surface area (Å²) >= 11 is 0. The fraction of sp³-hybridized carbons (Fsp3) is 0.432. The Bertz CT molecular complexity index is 1520. The number of allylic oxidation sites excluding steroid dienone is 1. The lowest BCUT2D eigenvalue weighted by Gasteiger charge is -2.30. The molecule has 2 aromatic carbocycles. The van der Waals surface area contributed by atoms with Gasteiger partial charge in [0.2, 0.25) is 17.7 Å². The van der Waals surface area contributed by atoms with Crippen molar-refractivity contribution < 1.29 is 29.4 Å². The fourth-order valence-electron chi connectivity index (χ4n) is 6.24. The van der Waals surface area contributed by atoms with Gasteiger partial charge in [0.1, 0.15) is 12.1 Å². The molecule has 0 radical (unpaired) electrons. The van der Waals surface area contributed by atoms with Gasteiger partial charge in [0.05, 0.1) is 24.4 Å². The molecule has 49 heavy (non-hydrogen) atoms. The lowest BCUT2D eigenvalue weighted by Crippen LogP contribution is -2.54. The first kappa shape index (κ1) is 36.9. The van der Waals surface area contributed by atoms with Gasteiger partial charge < -0.3 is 31.1 Å². The van der Waals surface area contributed by atoms with E-state index in [0.29, 0.717) is 31.4 Å². The van der Waals surface area contributed by atoms with Crippen molar-refractivity contribution in [3.63, 3.8) is 0 Å². The molecule has 4 amide bonds. The number of hydrogen-bond acceptors (Lipinski definition) is 6. The van der Waals surface area contributed by atoms with Crippen molar-refractivity contribution in [2.24, 2.45) is 11.8 Å². The van der Waals surface area contributed by atoms with Gasteiger partial charge in [-0.05, 0) is 48.6 Å². The normalized spacial score (nSPS) is 17.4. The van der Waals surface area contributed by atoms with Crippen LogP contribution in [0, 0.1) is 11.8 Å². The van der Waals surface area contributed by atoms with Crippen molar-refractivity contribution >= 4 is 23.8 Å². The summed E-state index contributed by atoms with van der Waals surface area (Å²) in [6.07, 6.45) is 4.58. The number of amides is 4. The number of nitrogens with one attached hydrogen (secondary N) is 4. The molecule has 1 aromatic heterocycles. The van der Waals surface area contributed by atoms with Crippen LogP contribution in [0.2, 0.25) is 0 Å². The highest BCUT2D eigenvalue weighted by molar-refractivity contribution is 5.92. The van der Waals surface area contributed by atoms with E-state index in [1.165, 1.54) is 12.5 Å². The maximum Gasteiger partial charge on any atom is 0.407 e. The second kappa shape index (κ2) is 18.0. The molecule has 1 fully saturated rings. The first-order valence-electron chi connectivity index (χ1n) is 16.8. The van der Waals surface area contributed by atoms with E-state index < -0.39 is 54.0 Å². The van der Waals surface area contributed by atoms with Crippen molar-refractivity contribution in [1.29, 1.82) is 0 Å². The smallest absolute Gasteiger partial charge is 0.407 e. The Labute approximate surface area is 287 Å². The number of aliphatic hydroxyl groups excluding tert-OH is 1. The number of H-pyrrole nitrogens is 1. The summed E-state index contributed by atoms with van der Waals surface area (Å²) in [7, 11) is 0. The molecule has 12 heteroatoms. The molecule has 0 saturated carbocycles. The third-order valence-electron chi connectivity index (χ3n) is 9.17. The van der Waals surface area contributed by atoms with Crippen LogP contribution in [0.5, 0.6) is 0 Å². The first-order valence-corrected chi connectivity index (χ1v) is 16.8. The molecule has 6 N–H and O–H groups in total.